The summed E-state index contributed by atoms with van der Waals surface area (Å²) in [7, 11) is 0. The van der Waals surface area contributed by atoms with E-state index in [1.165, 1.54) is 18.9 Å². The number of nitrogens with zero attached hydrogens (tertiary/aromatic N) is 1. The van der Waals surface area contributed by atoms with Gasteiger partial charge in [0.1, 0.15) is 17.0 Å². The minimum atomic E-state index is -0.811. The van der Waals surface area contributed by atoms with Gasteiger partial charge in [0.25, 0.3) is 0 Å². The van der Waals surface area contributed by atoms with Crippen molar-refractivity contribution in [1.82, 2.24) is 5.01 Å². The second-order valence-corrected chi connectivity index (χ2v) is 3.41. The van der Waals surface area contributed by atoms with Gasteiger partial charge in [0.05, 0.1) is 0 Å². The zero-order valence-electron chi connectivity index (χ0n) is 7.46. The van der Waals surface area contributed by atoms with Gasteiger partial charge in [-0.05, 0) is 20.3 Å². The summed E-state index contributed by atoms with van der Waals surface area (Å²) in [4.78, 5) is 22.5. The Morgan fingerprint density at radius 3 is 2.00 bits per heavy atom. The highest BCUT2D eigenvalue weighted by Gasteiger charge is 2.45. The Labute approximate surface area is 71.7 Å². The lowest BCUT2D eigenvalue weighted by Crippen LogP contribution is -2.41. The maximum Gasteiger partial charge on any atom is 0.144 e. The number of hydrogen-bond acceptors (Lipinski definition) is 4. The van der Waals surface area contributed by atoms with Gasteiger partial charge < -0.3 is 0 Å². The molecule has 1 aliphatic heterocycles. The molecular weight excluding hydrogens is 156 g/mol. The molecule has 0 saturated carbocycles. The van der Waals surface area contributed by atoms with Gasteiger partial charge in [0.2, 0.25) is 0 Å². The molecule has 68 valence electrons. The van der Waals surface area contributed by atoms with Gasteiger partial charge in [-0.2, -0.15) is 0 Å². The third-order valence-electron chi connectivity index (χ3n) is 2.65. The molecule has 1 fully saturated rings. The third kappa shape index (κ3) is 1.28. The van der Waals surface area contributed by atoms with Crippen LogP contribution in [0, 0.1) is 5.41 Å². The quantitative estimate of drug-likeness (QED) is 0.457. The summed E-state index contributed by atoms with van der Waals surface area (Å²) < 4.78 is 0. The first-order valence-electron chi connectivity index (χ1n) is 4.01. The van der Waals surface area contributed by atoms with Crippen molar-refractivity contribution in [3.05, 3.63) is 0 Å². The average Bonchev–Trinajstić information content (AvgIpc) is 2.32. The summed E-state index contributed by atoms with van der Waals surface area (Å²) in [5.74, 6) is 5.38. The summed E-state index contributed by atoms with van der Waals surface area (Å²) in [6.45, 7) is 3.91. The number of Topliss-reactive ketones (excluding diaryl/α,β-unsaturated/α-hetero) is 2. The SMILES string of the molecule is CC(=O)C1(C(C)=O)CCN(N)C1. The van der Waals surface area contributed by atoms with E-state index in [-0.39, 0.29) is 11.6 Å². The van der Waals surface area contributed by atoms with E-state index >= 15 is 0 Å². The number of carbonyl (C=O) groups is 2. The lowest BCUT2D eigenvalue weighted by atomic mass is 9.80. The van der Waals surface area contributed by atoms with Gasteiger partial charge in [0, 0.05) is 13.1 Å². The Hall–Kier alpha value is -0.740. The summed E-state index contributed by atoms with van der Waals surface area (Å²) in [6.07, 6.45) is 0.564. The van der Waals surface area contributed by atoms with Gasteiger partial charge in [0.15, 0.2) is 0 Å². The molecule has 0 aromatic rings. The summed E-state index contributed by atoms with van der Waals surface area (Å²) in [5, 5.41) is 1.53. The van der Waals surface area contributed by atoms with Crippen LogP contribution in [0.4, 0.5) is 0 Å². The van der Waals surface area contributed by atoms with E-state index in [9.17, 15) is 9.59 Å². The zero-order valence-corrected chi connectivity index (χ0v) is 7.46. The smallest absolute Gasteiger partial charge is 0.144 e. The highest BCUT2D eigenvalue weighted by molar-refractivity contribution is 6.05. The average molecular weight is 170 g/mol. The second kappa shape index (κ2) is 2.95. The van der Waals surface area contributed by atoms with Gasteiger partial charge in [-0.25, -0.2) is 5.01 Å². The van der Waals surface area contributed by atoms with Crippen molar-refractivity contribution >= 4 is 11.6 Å². The predicted molar refractivity (Wildman–Crippen MR) is 44.2 cm³/mol. The first-order valence-corrected chi connectivity index (χ1v) is 4.01. The van der Waals surface area contributed by atoms with Gasteiger partial charge in [-0.15, -0.1) is 0 Å². The van der Waals surface area contributed by atoms with E-state index in [0.29, 0.717) is 19.5 Å². The minimum Gasteiger partial charge on any atom is -0.299 e. The van der Waals surface area contributed by atoms with E-state index in [2.05, 4.69) is 0 Å². The molecule has 0 unspecified atom stereocenters. The molecule has 1 heterocycles. The Morgan fingerprint density at radius 1 is 1.33 bits per heavy atom. The van der Waals surface area contributed by atoms with E-state index in [4.69, 9.17) is 5.84 Å². The van der Waals surface area contributed by atoms with E-state index < -0.39 is 5.41 Å². The van der Waals surface area contributed by atoms with Crippen LogP contribution in [0.2, 0.25) is 0 Å². The van der Waals surface area contributed by atoms with Crippen molar-refractivity contribution in [3.63, 3.8) is 0 Å². The molecule has 0 amide bonds. The molecule has 0 bridgehead atoms. The van der Waals surface area contributed by atoms with Crippen LogP contribution in [-0.4, -0.2) is 29.7 Å². The maximum absolute atomic E-state index is 11.3. The molecular formula is C8H14N2O2. The lowest BCUT2D eigenvalue weighted by Gasteiger charge is -2.21. The van der Waals surface area contributed by atoms with E-state index in [1.807, 2.05) is 0 Å². The number of rotatable bonds is 2. The van der Waals surface area contributed by atoms with Crippen LogP contribution in [0.5, 0.6) is 0 Å². The van der Waals surface area contributed by atoms with Crippen molar-refractivity contribution in [2.45, 2.75) is 20.3 Å². The molecule has 12 heavy (non-hydrogen) atoms. The molecule has 0 aromatic heterocycles. The topological polar surface area (TPSA) is 63.4 Å². The molecule has 0 aromatic carbocycles. The van der Waals surface area contributed by atoms with Crippen molar-refractivity contribution in [3.8, 4) is 0 Å². The van der Waals surface area contributed by atoms with E-state index in [1.54, 1.807) is 0 Å². The molecule has 0 atom stereocenters. The van der Waals surface area contributed by atoms with Crippen molar-refractivity contribution in [2.75, 3.05) is 13.1 Å². The molecule has 1 saturated heterocycles. The highest BCUT2D eigenvalue weighted by Crippen LogP contribution is 2.30. The van der Waals surface area contributed by atoms with Crippen LogP contribution < -0.4 is 5.84 Å². The van der Waals surface area contributed by atoms with Crippen LogP contribution in [0.1, 0.15) is 20.3 Å². The standard InChI is InChI=1S/C8H14N2O2/c1-6(11)8(7(2)12)3-4-10(9)5-8/h3-5,9H2,1-2H3. The Bertz CT molecular complexity index is 211. The first kappa shape index (κ1) is 9.35. The van der Waals surface area contributed by atoms with Crippen molar-refractivity contribution in [2.24, 2.45) is 11.3 Å². The van der Waals surface area contributed by atoms with Crippen molar-refractivity contribution < 1.29 is 9.59 Å². The summed E-state index contributed by atoms with van der Waals surface area (Å²) in [5.41, 5.74) is -0.811. The monoisotopic (exact) mass is 170 g/mol. The van der Waals surface area contributed by atoms with Crippen LogP contribution in [0.15, 0.2) is 0 Å². The predicted octanol–water partition coefficient (Wildman–Crippen LogP) is -0.270. The van der Waals surface area contributed by atoms with Crippen LogP contribution in [0.25, 0.3) is 0 Å². The van der Waals surface area contributed by atoms with Gasteiger partial charge in [-0.3, -0.25) is 15.4 Å². The first-order chi connectivity index (χ1) is 5.49. The van der Waals surface area contributed by atoms with Gasteiger partial charge in [-0.1, -0.05) is 0 Å². The molecule has 1 aliphatic rings. The Balaban J connectivity index is 2.89. The largest absolute Gasteiger partial charge is 0.299 e. The second-order valence-electron chi connectivity index (χ2n) is 3.41. The maximum atomic E-state index is 11.3. The summed E-state index contributed by atoms with van der Waals surface area (Å²) in [6, 6.07) is 0. The molecule has 4 nitrogen and oxygen atoms in total. The molecule has 0 spiro atoms. The highest BCUT2D eigenvalue weighted by atomic mass is 16.2. The number of hydrazine groups is 1. The number of hydrogen-bond donors (Lipinski definition) is 1. The fourth-order valence-electron chi connectivity index (χ4n) is 1.66. The zero-order chi connectivity index (χ0) is 9.35. The van der Waals surface area contributed by atoms with E-state index in [0.717, 1.165) is 0 Å². The molecule has 0 aliphatic carbocycles. The number of carbonyl (C=O) groups excluding carboxylic acids is 2. The fourth-order valence-corrected chi connectivity index (χ4v) is 1.66. The fraction of sp³-hybridized carbons (Fsp3) is 0.750. The van der Waals surface area contributed by atoms with Crippen LogP contribution in [0.3, 0.4) is 0 Å². The Kier molecular flexibility index (Phi) is 2.30. The molecule has 1 rings (SSSR count). The lowest BCUT2D eigenvalue weighted by molar-refractivity contribution is -0.137. The third-order valence-corrected chi connectivity index (χ3v) is 2.65. The summed E-state index contributed by atoms with van der Waals surface area (Å²) >= 11 is 0. The Morgan fingerprint density at radius 2 is 1.83 bits per heavy atom. The minimum absolute atomic E-state index is 0.0667. The van der Waals surface area contributed by atoms with Crippen molar-refractivity contribution in [1.29, 1.82) is 0 Å². The number of nitrogens with two attached hydrogens (primary N) is 1. The molecule has 4 heteroatoms. The van der Waals surface area contributed by atoms with Crippen LogP contribution >= 0.6 is 0 Å². The molecule has 2 N–H and O–H groups in total. The van der Waals surface area contributed by atoms with Crippen LogP contribution in [-0.2, 0) is 9.59 Å². The number of ketones is 2. The molecule has 0 radical (unpaired) electrons. The normalized spacial score (nSPS) is 22.6. The van der Waals surface area contributed by atoms with Gasteiger partial charge >= 0.3 is 0 Å².